The minimum atomic E-state index is 0. The zero-order valence-corrected chi connectivity index (χ0v) is 174. The van der Waals surface area contributed by atoms with Crippen LogP contribution >= 0.6 is 0 Å². The molecule has 0 spiro atoms. The van der Waals surface area contributed by atoms with Crippen LogP contribution in [0, 0.1) is 7.40 Å². The summed E-state index contributed by atoms with van der Waals surface area (Å²) in [4.78, 5) is 0. The van der Waals surface area contributed by atoms with Gasteiger partial charge in [-0.15, -0.1) is 0 Å². The molecule has 0 heterocycles. The van der Waals surface area contributed by atoms with E-state index in [4.69, 9.17) is 1.37 Å². The zero-order chi connectivity index (χ0) is 2.00. The molecule has 0 aromatic heterocycles. The first kappa shape index (κ1) is 506. The van der Waals surface area contributed by atoms with Gasteiger partial charge in [0.05, 0.1) is 0 Å². The van der Waals surface area contributed by atoms with Gasteiger partial charge >= 0.3 is 0 Å². The minimum Gasteiger partial charge on any atom is -0.358 e. The molecule has 0 bridgehead atoms. The molecule has 0 N–H and O–H groups in total. The van der Waals surface area contributed by atoms with E-state index in [1.807, 2.05) is 0 Å². The minimum absolute atomic E-state index is 0. The molecule has 0 aliphatic rings. The second kappa shape index (κ2) is 516. The summed E-state index contributed by atoms with van der Waals surface area (Å²) in [5.41, 5.74) is 0. The Balaban J connectivity index is -0.00000000000377. The van der Waals surface area contributed by atoms with Crippen molar-refractivity contribution in [2.45, 2.75) is 0 Å². The van der Waals surface area contributed by atoms with Gasteiger partial charge in [0, 0.05) is 1100 Å². The van der Waals surface area contributed by atoms with Gasteiger partial charge in [-0.2, -0.15) is 0 Å². The molecule has 0 aromatic rings. The van der Waals surface area contributed by atoms with E-state index in [2.05, 4.69) is 7.40 Å². The predicted octanol–water partition coefficient (Wildman–Crippen LogP) is 0.320. The summed E-state index contributed by atoms with van der Waals surface area (Å²) in [5, 5.41) is 0. The molecule has 320 valence electrons. The molecule has 0 aliphatic carbocycles. The fraction of sp³-hybridized carbons (Fsp3) is 0. The Morgan fingerprint density at radius 1 is 0.0755 bits per heavy atom. The molecule has 53 heavy (non-hydrogen) atoms. The first-order valence-corrected chi connectivity index (χ1v) is 0. The maximum absolute atomic E-state index is 5.50. The first-order valence-electron chi connectivity index (χ1n) is 0.707. The van der Waals surface area contributed by atoms with Gasteiger partial charge in [0.25, 0.3) is 0 Å². The van der Waals surface area contributed by atoms with Gasteiger partial charge in [0.2, 0.25) is 0 Å². The van der Waals surface area contributed by atoms with Crippen LogP contribution in [-0.2, 0) is 1100 Å². The summed E-state index contributed by atoms with van der Waals surface area (Å²) in [5.74, 6) is 0. The van der Waals surface area contributed by atoms with Crippen LogP contribution in [0.4, 0.5) is 0 Å². The van der Waals surface area contributed by atoms with Crippen molar-refractivity contribution in [3.63, 3.8) is 0 Å². The van der Waals surface area contributed by atoms with Crippen LogP contribution in [0.3, 0.4) is 0 Å². The van der Waals surface area contributed by atoms with Crippen molar-refractivity contribution < 1.29 is 1100 Å². The normalized spacial score (nSPS) is 0.132. The van der Waals surface area contributed by atoms with Crippen molar-refractivity contribution >= 4 is 0 Å². The Morgan fingerprint density at radius 2 is 0.0755 bits per heavy atom. The van der Waals surface area contributed by atoms with Crippen molar-refractivity contribution in [3.8, 4) is 0 Å². The van der Waals surface area contributed by atoms with E-state index >= 15 is 0 Å². The summed E-state index contributed by atoms with van der Waals surface area (Å²) in [6.45, 7) is 0. The molecule has 0 radical (unpaired) electrons. The van der Waals surface area contributed by atoms with Gasteiger partial charge in [-0.25, -0.2) is 1.37 Å². The molecule has 0 fully saturated rings. The summed E-state index contributed by atoms with van der Waals surface area (Å²) < 4.78 is 5.50. The second-order valence-electron chi connectivity index (χ2n) is 0. The smallest absolute Gasteiger partial charge is 0 e. The SMILES string of the molecule is [2H][CH2-].[W].[W].[W].[W].[W].[W].[W].[W].[W].[W].[W].[W].[W].[W].[W].[W].[W].[W].[W].[W].[W].[W].[W].[W].[W].[W].[W].[W].[W].[W].[W].[W].[W].[W].[W].[W].[W].[W].[W].[W].[W].[W].[W].[W].[W].[W].[W].[W].[W].[W].[W].[W]. The fourth-order valence-electron chi connectivity index (χ4n) is 0. The molecule has 0 unspecified atom stereocenters. The molecular formula is CH3W52-. The molecule has 0 saturated carbocycles. The predicted molar refractivity (Wildman–Crippen MR) is 6.41 cm³/mol. The van der Waals surface area contributed by atoms with Crippen LogP contribution in [0.5, 0.6) is 0 Å². The Labute approximate surface area is 1070 Å². The summed E-state index contributed by atoms with van der Waals surface area (Å²) in [6.07, 6.45) is 0. The van der Waals surface area contributed by atoms with Gasteiger partial charge in [-0.1, -0.05) is 0 Å². The van der Waals surface area contributed by atoms with E-state index in [9.17, 15) is 0 Å². The van der Waals surface area contributed by atoms with E-state index in [1.165, 1.54) is 0 Å². The molecular weight excluding hydrogens is 9570 g/mol. The van der Waals surface area contributed by atoms with Crippen LogP contribution in [0.25, 0.3) is 0 Å². The third-order valence-corrected chi connectivity index (χ3v) is 0. The van der Waals surface area contributed by atoms with E-state index in [1.54, 1.807) is 0 Å². The number of rotatable bonds is 0. The van der Waals surface area contributed by atoms with Crippen molar-refractivity contribution in [1.82, 2.24) is 0 Å². The van der Waals surface area contributed by atoms with Crippen molar-refractivity contribution in [2.75, 3.05) is 0 Å². The van der Waals surface area contributed by atoms with E-state index < -0.39 is 0 Å². The molecule has 0 atom stereocenters. The van der Waals surface area contributed by atoms with Gasteiger partial charge in [-0.05, 0) is 0 Å². The topological polar surface area (TPSA) is 0 Å². The van der Waals surface area contributed by atoms with Crippen molar-refractivity contribution in [2.24, 2.45) is 0 Å². The van der Waals surface area contributed by atoms with Crippen LogP contribution in [-0.4, -0.2) is 0 Å². The molecule has 0 aliphatic heterocycles. The summed E-state index contributed by atoms with van der Waals surface area (Å²) in [6, 6.07) is 0. The van der Waals surface area contributed by atoms with Gasteiger partial charge < -0.3 is 7.40 Å². The van der Waals surface area contributed by atoms with Gasteiger partial charge in [0.1, 0.15) is 0 Å². The summed E-state index contributed by atoms with van der Waals surface area (Å²) >= 11 is 0. The standard InChI is InChI=1S/CH3.52W/h1H3;;;;;;;;;;;;;;;;;;;;;;;;;;;;;;;;;;;;;;;;;;;;;;;;;;;;/q-1;;;;;;;;;;;;;;;;;;;;;;;;;;;;;;;;;;;;;;;;;;;;;;;;;;;;/i1D;;;;;;;;;;;;;;;;;;;;;;;;;;;;;;;;;;;;;;;;;;;;;;;;;;;;. The van der Waals surface area contributed by atoms with Gasteiger partial charge in [-0.3, -0.25) is 0 Å². The Morgan fingerprint density at radius 3 is 0.0755 bits per heavy atom. The fourth-order valence-corrected chi connectivity index (χ4v) is 0. The van der Waals surface area contributed by atoms with Gasteiger partial charge in [0.15, 0.2) is 0 Å². The average Bonchev–Trinajstić information content (AvgIpc) is 1.00. The number of hydrogen-bond donors (Lipinski definition) is 0. The Hall–Kier alpha value is 35.8. The maximum Gasteiger partial charge on any atom is 0 e. The van der Waals surface area contributed by atoms with E-state index in [-0.39, 0.29) is 1100 Å². The van der Waals surface area contributed by atoms with E-state index in [0.717, 1.165) is 0 Å². The molecule has 0 amide bonds. The zero-order valence-electron chi connectivity index (χ0n) is 22.9. The second-order valence-corrected chi connectivity index (χ2v) is 0. The van der Waals surface area contributed by atoms with E-state index in [0.29, 0.717) is 0 Å². The van der Waals surface area contributed by atoms with Crippen LogP contribution < -0.4 is 0 Å². The van der Waals surface area contributed by atoms with Crippen LogP contribution in [0.15, 0.2) is 0 Å². The quantitative estimate of drug-likeness (QED) is 0.308. The first-order chi connectivity index (χ1) is 1.00. The average molecular weight is 9580 g/mol. The molecule has 52 heteroatoms. The third-order valence-electron chi connectivity index (χ3n) is 0. The largest absolute Gasteiger partial charge is 0.358 e. The Kier molecular flexibility index (Phi) is 4920. The molecule has 0 nitrogen and oxygen atoms in total. The van der Waals surface area contributed by atoms with Crippen LogP contribution in [0.2, 0.25) is 0 Å². The van der Waals surface area contributed by atoms with Crippen LogP contribution in [0.1, 0.15) is 1.37 Å². The number of hydrogen-bond acceptors (Lipinski definition) is 0. The molecule has 0 rings (SSSR count). The maximum atomic E-state index is 5.50. The third kappa shape index (κ3) is 504. The Bertz CT molecular complexity index is 14.3. The monoisotopic (exact) mass is 9580 g/mol. The molecule has 0 aromatic carbocycles. The summed E-state index contributed by atoms with van der Waals surface area (Å²) in [7, 11) is 2.50. The molecule has 0 saturated heterocycles. The van der Waals surface area contributed by atoms with Crippen molar-refractivity contribution in [1.29, 1.82) is 0 Å². The van der Waals surface area contributed by atoms with Crippen molar-refractivity contribution in [3.05, 3.63) is 7.40 Å².